The highest BCUT2D eigenvalue weighted by molar-refractivity contribution is 6.33. The van der Waals surface area contributed by atoms with Crippen molar-refractivity contribution in [3.8, 4) is 0 Å². The molecule has 0 radical (unpaired) electrons. The number of nitrogens with zero attached hydrogens (tertiary/aromatic N) is 1. The second-order valence-electron chi connectivity index (χ2n) is 6.24. The van der Waals surface area contributed by atoms with Crippen molar-refractivity contribution in [2.75, 3.05) is 18.5 Å². The summed E-state index contributed by atoms with van der Waals surface area (Å²) >= 11 is 6.60. The van der Waals surface area contributed by atoms with Gasteiger partial charge >= 0.3 is 0 Å². The zero-order chi connectivity index (χ0) is 16.0. The van der Waals surface area contributed by atoms with Crippen molar-refractivity contribution in [3.63, 3.8) is 0 Å². The molecule has 0 heterocycles. The molecule has 0 amide bonds. The molecule has 1 rings (SSSR count). The van der Waals surface area contributed by atoms with Crippen LogP contribution in [-0.2, 0) is 0 Å². The van der Waals surface area contributed by atoms with Gasteiger partial charge in [-0.3, -0.25) is 0 Å². The maximum absolute atomic E-state index is 6.60. The van der Waals surface area contributed by atoms with Crippen LogP contribution in [0.15, 0.2) is 18.2 Å². The maximum Gasteiger partial charge on any atom is 0.0642 e. The quantitative estimate of drug-likeness (QED) is 0.703. The third kappa shape index (κ3) is 4.89. The van der Waals surface area contributed by atoms with Crippen molar-refractivity contribution in [2.45, 2.75) is 59.5 Å². The molecule has 1 atom stereocenters. The van der Waals surface area contributed by atoms with Gasteiger partial charge in [0.05, 0.1) is 10.7 Å². The van der Waals surface area contributed by atoms with Crippen molar-refractivity contribution in [1.82, 2.24) is 5.32 Å². The molecule has 0 aliphatic heterocycles. The lowest BCUT2D eigenvalue weighted by molar-refractivity contribution is 0.507. The van der Waals surface area contributed by atoms with E-state index in [1.54, 1.807) is 0 Å². The molecule has 1 N–H and O–H groups in total. The van der Waals surface area contributed by atoms with Gasteiger partial charge in [-0.05, 0) is 50.4 Å². The van der Waals surface area contributed by atoms with E-state index in [1.807, 2.05) is 7.05 Å². The molecule has 21 heavy (non-hydrogen) atoms. The Morgan fingerprint density at radius 3 is 2.19 bits per heavy atom. The molecule has 1 aromatic carbocycles. The lowest BCUT2D eigenvalue weighted by Gasteiger charge is -2.35. The molecule has 0 aromatic heterocycles. The van der Waals surface area contributed by atoms with E-state index in [-0.39, 0.29) is 0 Å². The van der Waals surface area contributed by atoms with Crippen molar-refractivity contribution in [3.05, 3.63) is 28.8 Å². The predicted octanol–water partition coefficient (Wildman–Crippen LogP) is 5.27. The van der Waals surface area contributed by atoms with Gasteiger partial charge in [0.25, 0.3) is 0 Å². The summed E-state index contributed by atoms with van der Waals surface area (Å²) < 4.78 is 0. The molecule has 3 heteroatoms. The smallest absolute Gasteiger partial charge is 0.0642 e. The highest BCUT2D eigenvalue weighted by Gasteiger charge is 2.19. The Labute approximate surface area is 135 Å². The first-order valence-electron chi connectivity index (χ1n) is 8.17. The van der Waals surface area contributed by atoms with Crippen LogP contribution < -0.4 is 10.2 Å². The van der Waals surface area contributed by atoms with Crippen molar-refractivity contribution in [1.29, 1.82) is 0 Å². The number of halogens is 1. The lowest BCUT2D eigenvalue weighted by Crippen LogP contribution is -2.37. The fourth-order valence-electron chi connectivity index (χ4n) is 2.76. The minimum atomic E-state index is 0.322. The van der Waals surface area contributed by atoms with Crippen LogP contribution in [0.25, 0.3) is 0 Å². The largest absolute Gasteiger partial charge is 0.367 e. The van der Waals surface area contributed by atoms with Gasteiger partial charge in [0.1, 0.15) is 0 Å². The summed E-state index contributed by atoms with van der Waals surface area (Å²) in [6.45, 7) is 12.2. The van der Waals surface area contributed by atoms with Crippen LogP contribution in [0.4, 0.5) is 5.69 Å². The van der Waals surface area contributed by atoms with Crippen LogP contribution in [0.3, 0.4) is 0 Å². The first kappa shape index (κ1) is 18.3. The van der Waals surface area contributed by atoms with Crippen LogP contribution >= 0.6 is 11.6 Å². The van der Waals surface area contributed by atoms with E-state index in [1.165, 1.54) is 11.3 Å². The van der Waals surface area contributed by atoms with E-state index < -0.39 is 0 Å². The number of nitrogens with one attached hydrogen (secondary N) is 1. The molecule has 0 fully saturated rings. The second-order valence-corrected chi connectivity index (χ2v) is 6.64. The average molecular weight is 311 g/mol. The van der Waals surface area contributed by atoms with Crippen LogP contribution in [0.2, 0.25) is 5.02 Å². The highest BCUT2D eigenvalue weighted by atomic mass is 35.5. The molecule has 0 bridgehead atoms. The van der Waals surface area contributed by atoms with Crippen molar-refractivity contribution >= 4 is 17.3 Å². The van der Waals surface area contributed by atoms with Gasteiger partial charge in [0, 0.05) is 18.6 Å². The topological polar surface area (TPSA) is 15.3 Å². The number of hydrogen-bond acceptors (Lipinski definition) is 2. The fraction of sp³-hybridized carbons (Fsp3) is 0.667. The molecule has 0 saturated heterocycles. The molecule has 0 spiro atoms. The number of rotatable bonds is 8. The minimum Gasteiger partial charge on any atom is -0.367 e. The Morgan fingerprint density at radius 2 is 1.76 bits per heavy atom. The van der Waals surface area contributed by atoms with Gasteiger partial charge in [-0.1, -0.05) is 45.4 Å². The summed E-state index contributed by atoms with van der Waals surface area (Å²) in [6.07, 6.45) is 2.29. The molecular formula is C18H31ClN2. The Bertz CT molecular complexity index is 427. The predicted molar refractivity (Wildman–Crippen MR) is 95.5 cm³/mol. The average Bonchev–Trinajstić information content (AvgIpc) is 2.46. The standard InChI is InChI=1S/C18H31ClN2/c1-7-16(8-2)21(12-13(3)4)18-10-9-15(11-17(18)19)14(5)20-6/h9-11,13-14,16,20H,7-8,12H2,1-6H3. The Hall–Kier alpha value is -0.730. The van der Waals surface area contributed by atoms with Crippen LogP contribution in [0.5, 0.6) is 0 Å². The summed E-state index contributed by atoms with van der Waals surface area (Å²) in [5.41, 5.74) is 2.41. The van der Waals surface area contributed by atoms with E-state index in [4.69, 9.17) is 11.6 Å². The van der Waals surface area contributed by atoms with Gasteiger partial charge in [0.15, 0.2) is 0 Å². The van der Waals surface area contributed by atoms with Crippen LogP contribution in [-0.4, -0.2) is 19.6 Å². The van der Waals surface area contributed by atoms with E-state index >= 15 is 0 Å². The zero-order valence-electron chi connectivity index (χ0n) is 14.4. The summed E-state index contributed by atoms with van der Waals surface area (Å²) in [7, 11) is 1.97. The second kappa shape index (κ2) is 8.65. The summed E-state index contributed by atoms with van der Waals surface area (Å²) in [5, 5.41) is 4.13. The molecule has 1 unspecified atom stereocenters. The number of benzene rings is 1. The van der Waals surface area contributed by atoms with E-state index in [9.17, 15) is 0 Å². The molecule has 1 aromatic rings. The summed E-state index contributed by atoms with van der Waals surface area (Å²) in [4.78, 5) is 2.49. The zero-order valence-corrected chi connectivity index (χ0v) is 15.2. The molecule has 0 aliphatic carbocycles. The summed E-state index contributed by atoms with van der Waals surface area (Å²) in [6, 6.07) is 7.36. The van der Waals surface area contributed by atoms with E-state index in [2.05, 4.69) is 63.0 Å². The molecule has 120 valence electrons. The lowest BCUT2D eigenvalue weighted by atomic mass is 10.0. The maximum atomic E-state index is 6.60. The Balaban J connectivity index is 3.12. The molecular weight excluding hydrogens is 280 g/mol. The SMILES string of the molecule is CCC(CC)N(CC(C)C)c1ccc(C(C)NC)cc1Cl. The van der Waals surface area contributed by atoms with Gasteiger partial charge in [0.2, 0.25) is 0 Å². The van der Waals surface area contributed by atoms with Gasteiger partial charge in [-0.15, -0.1) is 0 Å². The first-order valence-corrected chi connectivity index (χ1v) is 8.55. The van der Waals surface area contributed by atoms with Crippen LogP contribution in [0, 0.1) is 5.92 Å². The van der Waals surface area contributed by atoms with Crippen molar-refractivity contribution < 1.29 is 0 Å². The normalized spacial score (nSPS) is 13.0. The van der Waals surface area contributed by atoms with Crippen LogP contribution in [0.1, 0.15) is 59.1 Å². The Morgan fingerprint density at radius 1 is 1.14 bits per heavy atom. The fourth-order valence-corrected chi connectivity index (χ4v) is 3.06. The minimum absolute atomic E-state index is 0.322. The molecule has 0 aliphatic rings. The van der Waals surface area contributed by atoms with Gasteiger partial charge in [-0.25, -0.2) is 0 Å². The van der Waals surface area contributed by atoms with Gasteiger partial charge < -0.3 is 10.2 Å². The summed E-state index contributed by atoms with van der Waals surface area (Å²) in [5.74, 6) is 0.623. The molecule has 2 nitrogen and oxygen atoms in total. The van der Waals surface area contributed by atoms with Crippen molar-refractivity contribution in [2.24, 2.45) is 5.92 Å². The van der Waals surface area contributed by atoms with E-state index in [0.29, 0.717) is 18.0 Å². The molecule has 0 saturated carbocycles. The first-order chi connectivity index (χ1) is 9.94. The number of hydrogen-bond donors (Lipinski definition) is 1. The van der Waals surface area contributed by atoms with Gasteiger partial charge in [-0.2, -0.15) is 0 Å². The third-order valence-electron chi connectivity index (χ3n) is 4.16. The number of anilines is 1. The third-order valence-corrected chi connectivity index (χ3v) is 4.46. The Kier molecular flexibility index (Phi) is 7.55. The monoisotopic (exact) mass is 310 g/mol. The van der Waals surface area contributed by atoms with E-state index in [0.717, 1.165) is 24.4 Å². The highest BCUT2D eigenvalue weighted by Crippen LogP contribution is 2.32.